The first-order chi connectivity index (χ1) is 13.5. The summed E-state index contributed by atoms with van der Waals surface area (Å²) in [6.45, 7) is 2.85. The number of amides is 1. The standard InChI is InChI=1S/C19H19BrClN3O3S/c20-13-1-4-15(5-2-13)27-12-18(25)23-19(28)22-14-3-6-17(16(21)11-14)24-7-9-26-10-8-24/h1-6,11H,7-10,12H2,(H2,22,23,25,28). The topological polar surface area (TPSA) is 62.8 Å². The van der Waals surface area contributed by atoms with E-state index in [4.69, 9.17) is 33.3 Å². The highest BCUT2D eigenvalue weighted by Crippen LogP contribution is 2.29. The highest BCUT2D eigenvalue weighted by Gasteiger charge is 2.15. The van der Waals surface area contributed by atoms with Crippen molar-refractivity contribution in [1.29, 1.82) is 0 Å². The smallest absolute Gasteiger partial charge is 0.264 e. The molecular formula is C19H19BrClN3O3S. The molecule has 148 valence electrons. The van der Waals surface area contributed by atoms with E-state index in [1.807, 2.05) is 24.3 Å². The second-order valence-electron chi connectivity index (χ2n) is 6.01. The molecule has 1 aliphatic rings. The molecular weight excluding hydrogens is 466 g/mol. The Morgan fingerprint density at radius 3 is 2.61 bits per heavy atom. The third kappa shape index (κ3) is 6.07. The zero-order chi connectivity index (χ0) is 19.9. The Kier molecular flexibility index (Phi) is 7.50. The van der Waals surface area contributed by atoms with Crippen LogP contribution in [0.25, 0.3) is 0 Å². The number of nitrogens with zero attached hydrogens (tertiary/aromatic N) is 1. The zero-order valence-corrected chi connectivity index (χ0v) is 18.1. The number of hydrogen-bond acceptors (Lipinski definition) is 5. The molecule has 0 aliphatic carbocycles. The van der Waals surface area contributed by atoms with E-state index in [2.05, 4.69) is 31.5 Å². The van der Waals surface area contributed by atoms with Crippen LogP contribution in [0.4, 0.5) is 11.4 Å². The van der Waals surface area contributed by atoms with Gasteiger partial charge in [-0.1, -0.05) is 27.5 Å². The molecule has 6 nitrogen and oxygen atoms in total. The number of rotatable bonds is 5. The Hall–Kier alpha value is -1.87. The molecule has 2 aromatic carbocycles. The molecule has 28 heavy (non-hydrogen) atoms. The van der Waals surface area contributed by atoms with Gasteiger partial charge in [0.1, 0.15) is 5.75 Å². The summed E-state index contributed by atoms with van der Waals surface area (Å²) in [6.07, 6.45) is 0. The van der Waals surface area contributed by atoms with Crippen LogP contribution in [0, 0.1) is 0 Å². The largest absolute Gasteiger partial charge is 0.484 e. The number of ether oxygens (including phenoxy) is 2. The Morgan fingerprint density at radius 1 is 1.21 bits per heavy atom. The summed E-state index contributed by atoms with van der Waals surface area (Å²) in [5.74, 6) is 0.249. The van der Waals surface area contributed by atoms with Crippen molar-refractivity contribution >= 4 is 62.1 Å². The molecule has 2 N–H and O–H groups in total. The third-order valence-electron chi connectivity index (χ3n) is 3.99. The molecule has 1 saturated heterocycles. The van der Waals surface area contributed by atoms with Crippen molar-refractivity contribution in [2.24, 2.45) is 0 Å². The number of carbonyl (C=O) groups excluding carboxylic acids is 1. The van der Waals surface area contributed by atoms with Gasteiger partial charge in [-0.2, -0.15) is 0 Å². The molecule has 2 aromatic rings. The first-order valence-corrected chi connectivity index (χ1v) is 10.2. The summed E-state index contributed by atoms with van der Waals surface area (Å²) in [7, 11) is 0. The van der Waals surface area contributed by atoms with Crippen molar-refractivity contribution < 1.29 is 14.3 Å². The number of morpholine rings is 1. The van der Waals surface area contributed by atoms with Crippen molar-refractivity contribution in [3.63, 3.8) is 0 Å². The molecule has 0 bridgehead atoms. The van der Waals surface area contributed by atoms with Gasteiger partial charge in [0.25, 0.3) is 5.91 Å². The SMILES string of the molecule is O=C(COc1ccc(Br)cc1)NC(=S)Nc1ccc(N2CCOCC2)c(Cl)c1. The predicted octanol–water partition coefficient (Wildman–Crippen LogP) is 3.83. The van der Waals surface area contributed by atoms with E-state index in [1.165, 1.54) is 0 Å². The first kappa shape index (κ1) is 20.9. The van der Waals surface area contributed by atoms with Gasteiger partial charge in [0, 0.05) is 23.2 Å². The molecule has 9 heteroatoms. The van der Waals surface area contributed by atoms with Crippen LogP contribution < -0.4 is 20.3 Å². The van der Waals surface area contributed by atoms with Gasteiger partial charge < -0.3 is 19.7 Å². The van der Waals surface area contributed by atoms with E-state index in [9.17, 15) is 4.79 Å². The average molecular weight is 485 g/mol. The van der Waals surface area contributed by atoms with Gasteiger partial charge in [-0.3, -0.25) is 10.1 Å². The zero-order valence-electron chi connectivity index (χ0n) is 14.9. The van der Waals surface area contributed by atoms with E-state index in [-0.39, 0.29) is 17.6 Å². The van der Waals surface area contributed by atoms with Crippen LogP contribution in [0.2, 0.25) is 5.02 Å². The van der Waals surface area contributed by atoms with Crippen LogP contribution in [0.3, 0.4) is 0 Å². The monoisotopic (exact) mass is 483 g/mol. The van der Waals surface area contributed by atoms with Crippen LogP contribution in [0.15, 0.2) is 46.9 Å². The number of nitrogens with one attached hydrogen (secondary N) is 2. The fourth-order valence-corrected chi connectivity index (χ4v) is 3.45. The van der Waals surface area contributed by atoms with Gasteiger partial charge >= 0.3 is 0 Å². The highest BCUT2D eigenvalue weighted by atomic mass is 79.9. The highest BCUT2D eigenvalue weighted by molar-refractivity contribution is 9.10. The quantitative estimate of drug-likeness (QED) is 0.629. The van der Waals surface area contributed by atoms with Crippen LogP contribution in [0.1, 0.15) is 0 Å². The molecule has 0 spiro atoms. The van der Waals surface area contributed by atoms with Gasteiger partial charge in [0.2, 0.25) is 0 Å². The summed E-state index contributed by atoms with van der Waals surface area (Å²) in [6, 6.07) is 12.8. The number of halogens is 2. The lowest BCUT2D eigenvalue weighted by Crippen LogP contribution is -2.37. The Labute approximate surface area is 182 Å². The number of carbonyl (C=O) groups is 1. The minimum Gasteiger partial charge on any atom is -0.484 e. The maximum Gasteiger partial charge on any atom is 0.264 e. The summed E-state index contributed by atoms with van der Waals surface area (Å²) in [5, 5.41) is 6.34. The second-order valence-corrected chi connectivity index (χ2v) is 7.74. The number of hydrogen-bond donors (Lipinski definition) is 2. The summed E-state index contributed by atoms with van der Waals surface area (Å²) >= 11 is 14.9. The summed E-state index contributed by atoms with van der Waals surface area (Å²) in [5.41, 5.74) is 1.65. The lowest BCUT2D eigenvalue weighted by Gasteiger charge is -2.29. The third-order valence-corrected chi connectivity index (χ3v) is 5.03. The van der Waals surface area contributed by atoms with Gasteiger partial charge in [-0.25, -0.2) is 0 Å². The van der Waals surface area contributed by atoms with E-state index >= 15 is 0 Å². The van der Waals surface area contributed by atoms with E-state index < -0.39 is 0 Å². The van der Waals surface area contributed by atoms with Crippen molar-refractivity contribution in [3.8, 4) is 5.75 Å². The molecule has 0 radical (unpaired) electrons. The van der Waals surface area contributed by atoms with Crippen molar-refractivity contribution in [1.82, 2.24) is 5.32 Å². The maximum absolute atomic E-state index is 12.0. The van der Waals surface area contributed by atoms with E-state index in [0.29, 0.717) is 29.7 Å². The van der Waals surface area contributed by atoms with Gasteiger partial charge in [0.15, 0.2) is 11.7 Å². The van der Waals surface area contributed by atoms with Crippen LogP contribution in [-0.2, 0) is 9.53 Å². The van der Waals surface area contributed by atoms with Crippen LogP contribution in [-0.4, -0.2) is 43.9 Å². The molecule has 1 aliphatic heterocycles. The predicted molar refractivity (Wildman–Crippen MR) is 118 cm³/mol. The molecule has 0 aromatic heterocycles. The normalized spacial score (nSPS) is 13.7. The minimum absolute atomic E-state index is 0.139. The average Bonchev–Trinajstić information content (AvgIpc) is 2.68. The Bertz CT molecular complexity index is 845. The lowest BCUT2D eigenvalue weighted by atomic mass is 10.2. The van der Waals surface area contributed by atoms with Gasteiger partial charge in [0.05, 0.1) is 23.9 Å². The summed E-state index contributed by atoms with van der Waals surface area (Å²) in [4.78, 5) is 14.2. The lowest BCUT2D eigenvalue weighted by molar-refractivity contribution is -0.121. The van der Waals surface area contributed by atoms with Crippen molar-refractivity contribution in [2.45, 2.75) is 0 Å². The van der Waals surface area contributed by atoms with E-state index in [1.54, 1.807) is 18.2 Å². The molecule has 0 saturated carbocycles. The molecule has 3 rings (SSSR count). The van der Waals surface area contributed by atoms with Gasteiger partial charge in [-0.05, 0) is 54.7 Å². The number of benzene rings is 2. The minimum atomic E-state index is -0.351. The molecule has 0 atom stereocenters. The van der Waals surface area contributed by atoms with Crippen LogP contribution in [0.5, 0.6) is 5.75 Å². The maximum atomic E-state index is 12.0. The second kappa shape index (κ2) is 10.1. The Morgan fingerprint density at radius 2 is 1.93 bits per heavy atom. The first-order valence-electron chi connectivity index (χ1n) is 8.63. The Balaban J connectivity index is 1.49. The fraction of sp³-hybridized carbons (Fsp3) is 0.263. The van der Waals surface area contributed by atoms with E-state index in [0.717, 1.165) is 23.2 Å². The molecule has 1 heterocycles. The number of thiocarbonyl (C=S) groups is 1. The molecule has 1 fully saturated rings. The fourth-order valence-electron chi connectivity index (χ4n) is 2.65. The van der Waals surface area contributed by atoms with Gasteiger partial charge in [-0.15, -0.1) is 0 Å². The summed E-state index contributed by atoms with van der Waals surface area (Å²) < 4.78 is 11.7. The van der Waals surface area contributed by atoms with Crippen molar-refractivity contribution in [2.75, 3.05) is 43.1 Å². The number of anilines is 2. The van der Waals surface area contributed by atoms with Crippen molar-refractivity contribution in [3.05, 3.63) is 52.0 Å². The molecule has 0 unspecified atom stereocenters. The van der Waals surface area contributed by atoms with Crippen LogP contribution >= 0.6 is 39.7 Å². The molecule has 1 amide bonds.